The Morgan fingerprint density at radius 2 is 1.31 bits per heavy atom. The molecular weight excluding hydrogens is 796 g/mol. The van der Waals surface area contributed by atoms with Crippen molar-refractivity contribution in [3.63, 3.8) is 0 Å². The Labute approximate surface area is 378 Å². The second kappa shape index (κ2) is 12.8. The summed E-state index contributed by atoms with van der Waals surface area (Å²) in [6.07, 6.45) is 0. The summed E-state index contributed by atoms with van der Waals surface area (Å²) in [7, 11) is 0.794. The molecule has 0 spiro atoms. The zero-order chi connectivity index (χ0) is 43.6. The van der Waals surface area contributed by atoms with Gasteiger partial charge in [0.05, 0.1) is 16.4 Å². The van der Waals surface area contributed by atoms with Crippen LogP contribution in [0.1, 0.15) is 77.6 Å². The lowest BCUT2D eigenvalue weighted by Crippen LogP contribution is -2.37. The number of fused-ring (bicyclic) bond motifs is 15. The maximum absolute atomic E-state index is 7.25. The minimum atomic E-state index is -0.168. The third kappa shape index (κ3) is 5.22. The van der Waals surface area contributed by atoms with E-state index in [9.17, 15) is 0 Å². The van der Waals surface area contributed by atoms with Gasteiger partial charge in [-0.3, -0.25) is 0 Å². The molecule has 4 heterocycles. The van der Waals surface area contributed by atoms with E-state index in [1.54, 1.807) is 0 Å². The fourth-order valence-electron chi connectivity index (χ4n) is 11.3. The number of benzene rings is 8. The number of rotatable bonds is 3. The highest BCUT2D eigenvalue weighted by molar-refractivity contribution is 7.26. The molecule has 3 aromatic heterocycles. The molecule has 0 unspecified atom stereocenters. The van der Waals surface area contributed by atoms with Gasteiger partial charge >= 0.3 is 0 Å². The number of nitrogens with zero attached hydrogens (tertiary/aromatic N) is 1. The predicted octanol–water partition coefficient (Wildman–Crippen LogP) is 15.1. The molecular formula is C59H49BN2OS. The fraction of sp³-hybridized carbons (Fsp3) is 0.186. The van der Waals surface area contributed by atoms with Crippen LogP contribution in [-0.2, 0) is 16.2 Å². The van der Waals surface area contributed by atoms with Gasteiger partial charge in [0, 0.05) is 64.4 Å². The molecule has 0 atom stereocenters. The second-order valence-corrected chi connectivity index (χ2v) is 22.1. The normalized spacial score (nSPS) is 14.2. The Hall–Kier alpha value is -6.56. The van der Waals surface area contributed by atoms with Gasteiger partial charge in [-0.05, 0) is 116 Å². The third-order valence-corrected chi connectivity index (χ3v) is 15.8. The first kappa shape index (κ1) is 38.0. The fourth-order valence-corrected chi connectivity index (χ4v) is 12.5. The molecule has 8 aromatic carbocycles. The zero-order valence-corrected chi connectivity index (χ0v) is 38.6. The van der Waals surface area contributed by atoms with Crippen LogP contribution in [0.5, 0.6) is 0 Å². The number of thiophene rings is 1. The Morgan fingerprint density at radius 3 is 2.11 bits per heavy atom. The summed E-state index contributed by atoms with van der Waals surface area (Å²) < 4.78 is 12.5. The minimum Gasteiger partial charge on any atom is -0.455 e. The lowest BCUT2D eigenvalue weighted by atomic mass is 9.58. The zero-order valence-electron chi connectivity index (χ0n) is 37.7. The van der Waals surface area contributed by atoms with Gasteiger partial charge in [-0.25, -0.2) is 0 Å². The Morgan fingerprint density at radius 1 is 0.594 bits per heavy atom. The van der Waals surface area contributed by atoms with E-state index in [1.807, 2.05) is 11.3 Å². The third-order valence-electron chi connectivity index (χ3n) is 14.7. The standard InChI is InChI=1S/C59H49BN2OS/c1-57(2,3)32-21-24-34(25-22-32)61-45-30-43-38(35-15-9-12-18-42(35)59(43,7)8)28-40(45)51-52-37-17-10-13-19-48(37)63-56(52)53-41-27-33(58(4,5)6)23-26-46(41)62-47-29-39-36-16-11-14-20-49(36)64-50(39)31-44(47)60-54(51)55(53)62/h9-31,60-61H,1-8H3. The number of hydrogen-bond acceptors (Lipinski definition) is 3. The topological polar surface area (TPSA) is 30.1 Å². The highest BCUT2D eigenvalue weighted by Crippen LogP contribution is 2.54. The van der Waals surface area contributed by atoms with E-state index in [2.05, 4.69) is 205 Å². The number of aromatic nitrogens is 1. The second-order valence-electron chi connectivity index (χ2n) is 21.0. The summed E-state index contributed by atoms with van der Waals surface area (Å²) in [6.45, 7) is 18.6. The van der Waals surface area contributed by atoms with E-state index in [4.69, 9.17) is 4.42 Å². The van der Waals surface area contributed by atoms with Crippen molar-refractivity contribution in [1.29, 1.82) is 0 Å². The number of anilines is 2. The largest absolute Gasteiger partial charge is 0.455 e. The summed E-state index contributed by atoms with van der Waals surface area (Å²) >= 11 is 1.90. The molecule has 0 bridgehead atoms. The van der Waals surface area contributed by atoms with Gasteiger partial charge < -0.3 is 14.3 Å². The molecule has 0 saturated heterocycles. The van der Waals surface area contributed by atoms with E-state index in [0.717, 1.165) is 35.2 Å². The van der Waals surface area contributed by atoms with Gasteiger partial charge in [0.1, 0.15) is 11.2 Å². The lowest BCUT2D eigenvalue weighted by molar-refractivity contribution is 0.590. The van der Waals surface area contributed by atoms with Crippen LogP contribution in [0, 0.1) is 0 Å². The minimum absolute atomic E-state index is 0.0294. The van der Waals surface area contributed by atoms with Crippen LogP contribution >= 0.6 is 11.3 Å². The van der Waals surface area contributed by atoms with E-state index in [1.165, 1.54) is 108 Å². The van der Waals surface area contributed by atoms with Crippen molar-refractivity contribution in [1.82, 2.24) is 4.57 Å². The van der Waals surface area contributed by atoms with E-state index >= 15 is 0 Å². The molecule has 0 fully saturated rings. The molecule has 13 rings (SSSR count). The van der Waals surface area contributed by atoms with Crippen molar-refractivity contribution < 1.29 is 4.42 Å². The highest BCUT2D eigenvalue weighted by Gasteiger charge is 2.38. The van der Waals surface area contributed by atoms with Gasteiger partial charge in [0.15, 0.2) is 7.28 Å². The van der Waals surface area contributed by atoms with Crippen molar-refractivity contribution >= 4 is 105 Å². The average Bonchev–Trinajstić information content (AvgIpc) is 4.00. The molecule has 11 aromatic rings. The van der Waals surface area contributed by atoms with E-state index < -0.39 is 0 Å². The molecule has 1 N–H and O–H groups in total. The van der Waals surface area contributed by atoms with Gasteiger partial charge in [-0.15, -0.1) is 11.3 Å². The van der Waals surface area contributed by atoms with Crippen molar-refractivity contribution in [2.75, 3.05) is 5.32 Å². The maximum Gasteiger partial charge on any atom is 0.198 e. The Bertz CT molecular complexity index is 3830. The molecule has 64 heavy (non-hydrogen) atoms. The van der Waals surface area contributed by atoms with Crippen molar-refractivity contribution in [2.45, 2.75) is 71.6 Å². The summed E-state index contributed by atoms with van der Waals surface area (Å²) in [6, 6.07) is 52.8. The van der Waals surface area contributed by atoms with Crippen molar-refractivity contribution in [3.8, 4) is 27.9 Å². The van der Waals surface area contributed by atoms with Crippen LogP contribution in [0.2, 0.25) is 0 Å². The summed E-state index contributed by atoms with van der Waals surface area (Å²) in [5.74, 6) is 0. The molecule has 2 aliphatic rings. The molecule has 0 amide bonds. The first-order chi connectivity index (χ1) is 30.7. The molecule has 0 saturated carbocycles. The quantitative estimate of drug-likeness (QED) is 0.180. The average molecular weight is 845 g/mol. The van der Waals surface area contributed by atoms with Crippen LogP contribution in [0.25, 0.3) is 91.9 Å². The first-order valence-corrected chi connectivity index (χ1v) is 23.6. The lowest BCUT2D eigenvalue weighted by Gasteiger charge is -2.26. The maximum atomic E-state index is 7.25. The van der Waals surface area contributed by atoms with E-state index in [-0.39, 0.29) is 16.2 Å². The molecule has 3 nitrogen and oxygen atoms in total. The summed E-state index contributed by atoms with van der Waals surface area (Å²) in [4.78, 5) is 0. The van der Waals surface area contributed by atoms with Gasteiger partial charge in [-0.2, -0.15) is 0 Å². The smallest absolute Gasteiger partial charge is 0.198 e. The van der Waals surface area contributed by atoms with E-state index in [0.29, 0.717) is 0 Å². The van der Waals surface area contributed by atoms with Crippen LogP contribution in [-0.4, -0.2) is 11.8 Å². The molecule has 1 aliphatic heterocycles. The summed E-state index contributed by atoms with van der Waals surface area (Å²) in [5, 5.41) is 11.5. The predicted molar refractivity (Wildman–Crippen MR) is 277 cm³/mol. The van der Waals surface area contributed by atoms with Crippen molar-refractivity contribution in [3.05, 3.63) is 162 Å². The number of hydrogen-bond donors (Lipinski definition) is 1. The van der Waals surface area contributed by atoms with Crippen LogP contribution in [0.15, 0.2) is 144 Å². The molecule has 5 heteroatoms. The van der Waals surface area contributed by atoms with Crippen LogP contribution in [0.3, 0.4) is 0 Å². The number of nitrogens with one attached hydrogen (secondary N) is 1. The van der Waals surface area contributed by atoms with Crippen molar-refractivity contribution in [2.24, 2.45) is 0 Å². The summed E-state index contributed by atoms with van der Waals surface area (Å²) in [5.41, 5.74) is 20.7. The molecule has 310 valence electrons. The Kier molecular flexibility index (Phi) is 7.59. The monoisotopic (exact) mass is 844 g/mol. The van der Waals surface area contributed by atoms with Crippen LogP contribution in [0.4, 0.5) is 11.4 Å². The van der Waals surface area contributed by atoms with Gasteiger partial charge in [-0.1, -0.05) is 140 Å². The first-order valence-electron chi connectivity index (χ1n) is 22.8. The van der Waals surface area contributed by atoms with Crippen LogP contribution < -0.4 is 16.2 Å². The molecule has 1 aliphatic carbocycles. The SMILES string of the molecule is CC(C)(C)c1ccc(Nc2cc3c(cc2-c2c4c5c(c6cc(C(C)(C)C)ccc6n5-c5cc6c(cc5B4)sc4ccccc46)c4oc5ccccc5c24)-c2ccccc2C3(C)C)cc1. The van der Waals surface area contributed by atoms with Gasteiger partial charge in [0.2, 0.25) is 0 Å². The number of para-hydroxylation sites is 1. The van der Waals surface area contributed by atoms with Gasteiger partial charge in [0.25, 0.3) is 0 Å². The molecule has 0 radical (unpaired) electrons. The highest BCUT2D eigenvalue weighted by atomic mass is 32.1. The Balaban J connectivity index is 1.20. The number of furan rings is 1.